The number of hydrogen-bond donors (Lipinski definition) is 1. The standard InChI is InChI=1S/C10H6BrClFNOS/c11-6-3-1-2-5(8(6)13)9(15)10-14-4-7(12)16-10/h1-4,9,15H. The third-order valence-corrected chi connectivity index (χ3v) is 3.79. The van der Waals surface area contributed by atoms with E-state index in [0.29, 0.717) is 13.8 Å². The average molecular weight is 323 g/mol. The molecular formula is C10H6BrClFNOS. The van der Waals surface area contributed by atoms with Crippen LogP contribution in [0.4, 0.5) is 4.39 Å². The first-order valence-electron chi connectivity index (χ1n) is 4.33. The fraction of sp³-hybridized carbons (Fsp3) is 0.100. The number of halogens is 3. The predicted octanol–water partition coefficient (Wildman–Crippen LogP) is 3.78. The van der Waals surface area contributed by atoms with E-state index in [4.69, 9.17) is 11.6 Å². The molecule has 0 bridgehead atoms. The molecule has 2 aromatic rings. The number of thiazole rings is 1. The molecule has 0 aliphatic rings. The van der Waals surface area contributed by atoms with E-state index in [0.717, 1.165) is 11.3 Å². The lowest BCUT2D eigenvalue weighted by molar-refractivity contribution is 0.214. The van der Waals surface area contributed by atoms with Gasteiger partial charge in [-0.1, -0.05) is 23.7 Å². The Morgan fingerprint density at radius 3 is 2.88 bits per heavy atom. The van der Waals surface area contributed by atoms with E-state index in [1.54, 1.807) is 12.1 Å². The maximum atomic E-state index is 13.7. The van der Waals surface area contributed by atoms with Gasteiger partial charge in [0, 0.05) is 5.56 Å². The molecule has 1 unspecified atom stereocenters. The van der Waals surface area contributed by atoms with Gasteiger partial charge < -0.3 is 5.11 Å². The average Bonchev–Trinajstić information content (AvgIpc) is 2.68. The van der Waals surface area contributed by atoms with Gasteiger partial charge >= 0.3 is 0 Å². The van der Waals surface area contributed by atoms with Gasteiger partial charge in [0.05, 0.1) is 10.7 Å². The van der Waals surface area contributed by atoms with Crippen LogP contribution in [-0.2, 0) is 0 Å². The zero-order valence-corrected chi connectivity index (χ0v) is 11.0. The summed E-state index contributed by atoms with van der Waals surface area (Å²) in [4.78, 5) is 3.92. The van der Waals surface area contributed by atoms with Crippen LogP contribution in [0.2, 0.25) is 4.34 Å². The van der Waals surface area contributed by atoms with Crippen LogP contribution < -0.4 is 0 Å². The second-order valence-electron chi connectivity index (χ2n) is 3.05. The normalized spacial score (nSPS) is 12.8. The molecule has 1 aromatic heterocycles. The zero-order chi connectivity index (χ0) is 11.7. The molecule has 0 fully saturated rings. The monoisotopic (exact) mass is 321 g/mol. The van der Waals surface area contributed by atoms with Crippen molar-refractivity contribution in [3.63, 3.8) is 0 Å². The molecule has 16 heavy (non-hydrogen) atoms. The van der Waals surface area contributed by atoms with E-state index in [2.05, 4.69) is 20.9 Å². The highest BCUT2D eigenvalue weighted by atomic mass is 79.9. The SMILES string of the molecule is OC(c1ncc(Cl)s1)c1cccc(Br)c1F. The Morgan fingerprint density at radius 2 is 2.25 bits per heavy atom. The lowest BCUT2D eigenvalue weighted by Crippen LogP contribution is -2.02. The molecule has 1 heterocycles. The van der Waals surface area contributed by atoms with Crippen molar-refractivity contribution in [1.29, 1.82) is 0 Å². The van der Waals surface area contributed by atoms with E-state index < -0.39 is 11.9 Å². The lowest BCUT2D eigenvalue weighted by Gasteiger charge is -2.09. The molecule has 1 N–H and O–H groups in total. The maximum Gasteiger partial charge on any atom is 0.143 e. The Balaban J connectivity index is 2.41. The van der Waals surface area contributed by atoms with Gasteiger partial charge in [-0.3, -0.25) is 0 Å². The molecular weight excluding hydrogens is 317 g/mol. The molecule has 0 aliphatic carbocycles. The lowest BCUT2D eigenvalue weighted by atomic mass is 10.1. The van der Waals surface area contributed by atoms with E-state index in [9.17, 15) is 9.50 Å². The molecule has 1 atom stereocenters. The smallest absolute Gasteiger partial charge is 0.143 e. The summed E-state index contributed by atoms with van der Waals surface area (Å²) in [5, 5.41) is 10.3. The third-order valence-electron chi connectivity index (χ3n) is 2.01. The van der Waals surface area contributed by atoms with Crippen LogP contribution in [0.15, 0.2) is 28.9 Å². The first-order chi connectivity index (χ1) is 7.59. The van der Waals surface area contributed by atoms with Crippen LogP contribution in [-0.4, -0.2) is 10.1 Å². The number of benzene rings is 1. The summed E-state index contributed by atoms with van der Waals surface area (Å²) in [6.45, 7) is 0. The van der Waals surface area contributed by atoms with Crippen molar-refractivity contribution < 1.29 is 9.50 Å². The molecule has 6 heteroatoms. The zero-order valence-electron chi connectivity index (χ0n) is 7.82. The van der Waals surface area contributed by atoms with Gasteiger partial charge in [-0.15, -0.1) is 11.3 Å². The second kappa shape index (κ2) is 4.79. The fourth-order valence-corrected chi connectivity index (χ4v) is 2.57. The topological polar surface area (TPSA) is 33.1 Å². The molecule has 0 radical (unpaired) electrons. The molecule has 2 rings (SSSR count). The van der Waals surface area contributed by atoms with Crippen LogP contribution in [0.3, 0.4) is 0 Å². The molecule has 2 nitrogen and oxygen atoms in total. The van der Waals surface area contributed by atoms with Crippen molar-refractivity contribution in [2.75, 3.05) is 0 Å². The Hall–Kier alpha value is -0.490. The van der Waals surface area contributed by atoms with Crippen molar-refractivity contribution in [1.82, 2.24) is 4.98 Å². The Labute approximate surface area is 109 Å². The summed E-state index contributed by atoms with van der Waals surface area (Å²) in [5.41, 5.74) is 0.181. The van der Waals surface area contributed by atoms with Crippen molar-refractivity contribution >= 4 is 38.9 Å². The summed E-state index contributed by atoms with van der Waals surface area (Å²) < 4.78 is 14.5. The van der Waals surface area contributed by atoms with Gasteiger partial charge in [-0.2, -0.15) is 0 Å². The number of hydrogen-bond acceptors (Lipinski definition) is 3. The van der Waals surface area contributed by atoms with Crippen LogP contribution >= 0.6 is 38.9 Å². The molecule has 0 amide bonds. The number of rotatable bonds is 2. The first-order valence-corrected chi connectivity index (χ1v) is 6.31. The van der Waals surface area contributed by atoms with Gasteiger partial charge in [0.1, 0.15) is 21.3 Å². The highest BCUT2D eigenvalue weighted by molar-refractivity contribution is 9.10. The predicted molar refractivity (Wildman–Crippen MR) is 65.3 cm³/mol. The van der Waals surface area contributed by atoms with E-state index in [-0.39, 0.29) is 5.56 Å². The molecule has 0 aliphatic heterocycles. The quantitative estimate of drug-likeness (QED) is 0.913. The van der Waals surface area contributed by atoms with E-state index in [1.165, 1.54) is 12.3 Å². The molecule has 0 saturated heterocycles. The molecule has 1 aromatic carbocycles. The summed E-state index contributed by atoms with van der Waals surface area (Å²) in [6.07, 6.45) is 0.343. The van der Waals surface area contributed by atoms with Crippen LogP contribution in [0, 0.1) is 5.82 Å². The first kappa shape index (κ1) is 12.0. The number of aromatic nitrogens is 1. The Kier molecular flexibility index (Phi) is 3.59. The van der Waals surface area contributed by atoms with Gasteiger partial charge in [0.2, 0.25) is 0 Å². The highest BCUT2D eigenvalue weighted by Crippen LogP contribution is 2.31. The van der Waals surface area contributed by atoms with Crippen LogP contribution in [0.25, 0.3) is 0 Å². The largest absolute Gasteiger partial charge is 0.381 e. The summed E-state index contributed by atoms with van der Waals surface area (Å²) in [5.74, 6) is -0.485. The van der Waals surface area contributed by atoms with Crippen molar-refractivity contribution in [3.05, 3.63) is 49.6 Å². The van der Waals surface area contributed by atoms with Crippen LogP contribution in [0.1, 0.15) is 16.7 Å². The van der Waals surface area contributed by atoms with Gasteiger partial charge in [0.15, 0.2) is 0 Å². The van der Waals surface area contributed by atoms with Crippen molar-refractivity contribution in [2.24, 2.45) is 0 Å². The third kappa shape index (κ3) is 2.27. The highest BCUT2D eigenvalue weighted by Gasteiger charge is 2.19. The number of aliphatic hydroxyl groups excluding tert-OH is 1. The second-order valence-corrected chi connectivity index (χ2v) is 5.60. The van der Waals surface area contributed by atoms with Gasteiger partial charge in [0.25, 0.3) is 0 Å². The minimum atomic E-state index is -1.09. The summed E-state index contributed by atoms with van der Waals surface area (Å²) >= 11 is 9.90. The maximum absolute atomic E-state index is 13.7. The minimum Gasteiger partial charge on any atom is -0.381 e. The molecule has 0 spiro atoms. The number of aliphatic hydroxyl groups is 1. The van der Waals surface area contributed by atoms with E-state index in [1.807, 2.05) is 0 Å². The molecule has 84 valence electrons. The Bertz CT molecular complexity index is 519. The number of nitrogens with zero attached hydrogens (tertiary/aromatic N) is 1. The summed E-state index contributed by atoms with van der Waals surface area (Å²) in [7, 11) is 0. The van der Waals surface area contributed by atoms with E-state index >= 15 is 0 Å². The van der Waals surface area contributed by atoms with Gasteiger partial charge in [-0.05, 0) is 22.0 Å². The molecule has 0 saturated carbocycles. The van der Waals surface area contributed by atoms with Gasteiger partial charge in [-0.25, -0.2) is 9.37 Å². The summed E-state index contributed by atoms with van der Waals surface area (Å²) in [6, 6.07) is 4.74. The van der Waals surface area contributed by atoms with Crippen LogP contribution in [0.5, 0.6) is 0 Å². The van der Waals surface area contributed by atoms with Crippen molar-refractivity contribution in [3.8, 4) is 0 Å². The fourth-order valence-electron chi connectivity index (χ4n) is 1.26. The minimum absolute atomic E-state index is 0.181. The Morgan fingerprint density at radius 1 is 1.50 bits per heavy atom. The van der Waals surface area contributed by atoms with Crippen molar-refractivity contribution in [2.45, 2.75) is 6.10 Å².